The van der Waals surface area contributed by atoms with E-state index in [-0.39, 0.29) is 23.6 Å². The van der Waals surface area contributed by atoms with Crippen LogP contribution in [0.5, 0.6) is 0 Å². The summed E-state index contributed by atoms with van der Waals surface area (Å²) in [7, 11) is 0. The van der Waals surface area contributed by atoms with Gasteiger partial charge in [-0.2, -0.15) is 0 Å². The SMILES string of the molecule is CC(c1ccccc1)N1C(=O)c2ccc3c4c(Br)cc5c6c(ccc(c7c(Br)cc(c2c37)C1=O)c64)C(=O)N(C(C)c1ccccc1)C5=O. The fourth-order valence-corrected chi connectivity index (χ4v) is 9.15. The second kappa shape index (κ2) is 10.3. The van der Waals surface area contributed by atoms with Gasteiger partial charge in [0, 0.05) is 63.5 Å². The number of benzene rings is 7. The average Bonchev–Trinajstić information content (AvgIpc) is 3.10. The van der Waals surface area contributed by atoms with Crippen molar-refractivity contribution in [2.45, 2.75) is 25.9 Å². The van der Waals surface area contributed by atoms with Crippen LogP contribution in [0.15, 0.2) is 106 Å². The Balaban J connectivity index is 1.31. The number of hydrogen-bond acceptors (Lipinski definition) is 4. The standard InChI is InChI=1S/C40H24Br2N2O4/c1-19(21-9-5-3-6-10-21)43-37(45)25-15-13-23-34-30(42)18-28-32-26(38(46)44(40(28)48)20(2)22-11-7-4-8-12-22)16-14-24(36(32)34)33-29(41)17-27(39(43)47)31(25)35(23)33/h3-20H,1-2H3. The van der Waals surface area contributed by atoms with Gasteiger partial charge in [0.25, 0.3) is 23.6 Å². The molecule has 0 radical (unpaired) electrons. The highest BCUT2D eigenvalue weighted by Gasteiger charge is 2.40. The first kappa shape index (κ1) is 29.2. The summed E-state index contributed by atoms with van der Waals surface area (Å²) in [4.78, 5) is 59.4. The molecule has 48 heavy (non-hydrogen) atoms. The lowest BCUT2D eigenvalue weighted by Gasteiger charge is -2.34. The van der Waals surface area contributed by atoms with Crippen molar-refractivity contribution >= 4 is 98.6 Å². The molecule has 2 heterocycles. The van der Waals surface area contributed by atoms with Crippen molar-refractivity contribution in [1.29, 1.82) is 0 Å². The van der Waals surface area contributed by atoms with E-state index in [0.29, 0.717) is 42.0 Å². The molecule has 232 valence electrons. The van der Waals surface area contributed by atoms with Crippen molar-refractivity contribution < 1.29 is 19.2 Å². The van der Waals surface area contributed by atoms with E-state index in [2.05, 4.69) is 31.9 Å². The van der Waals surface area contributed by atoms with Gasteiger partial charge in [0.05, 0.1) is 12.1 Å². The molecule has 9 rings (SSSR count). The van der Waals surface area contributed by atoms with Gasteiger partial charge >= 0.3 is 0 Å². The second-order valence-electron chi connectivity index (χ2n) is 12.5. The van der Waals surface area contributed by atoms with Crippen LogP contribution in [0, 0.1) is 0 Å². The highest BCUT2D eigenvalue weighted by atomic mass is 79.9. The first-order valence-electron chi connectivity index (χ1n) is 15.6. The Labute approximate surface area is 291 Å². The molecule has 4 amide bonds. The first-order valence-corrected chi connectivity index (χ1v) is 17.2. The third-order valence-electron chi connectivity index (χ3n) is 10.1. The Morgan fingerprint density at radius 1 is 0.438 bits per heavy atom. The van der Waals surface area contributed by atoms with Crippen molar-refractivity contribution in [3.63, 3.8) is 0 Å². The predicted molar refractivity (Wildman–Crippen MR) is 194 cm³/mol. The number of rotatable bonds is 4. The van der Waals surface area contributed by atoms with Crippen molar-refractivity contribution in [2.24, 2.45) is 0 Å². The number of amides is 4. The number of carbonyl (C=O) groups excluding carboxylic acids is 4. The molecule has 0 bridgehead atoms. The van der Waals surface area contributed by atoms with Crippen molar-refractivity contribution in [1.82, 2.24) is 9.80 Å². The Kier molecular flexibility index (Phi) is 6.27. The van der Waals surface area contributed by atoms with E-state index in [1.807, 2.05) is 86.6 Å². The maximum absolute atomic E-state index is 14.2. The summed E-state index contributed by atoms with van der Waals surface area (Å²) in [5, 5.41) is 6.07. The van der Waals surface area contributed by atoms with E-state index in [1.165, 1.54) is 9.80 Å². The molecule has 2 atom stereocenters. The maximum Gasteiger partial charge on any atom is 0.262 e. The Morgan fingerprint density at radius 2 is 0.792 bits per heavy atom. The average molecular weight is 756 g/mol. The zero-order chi connectivity index (χ0) is 33.2. The summed E-state index contributed by atoms with van der Waals surface area (Å²) < 4.78 is 1.38. The van der Waals surface area contributed by atoms with Crippen LogP contribution in [0.1, 0.15) is 78.5 Å². The van der Waals surface area contributed by atoms with Crippen LogP contribution in [0.2, 0.25) is 0 Å². The molecule has 0 saturated carbocycles. The van der Waals surface area contributed by atoms with Crippen LogP contribution >= 0.6 is 31.9 Å². The molecule has 0 N–H and O–H groups in total. The Hall–Kier alpha value is -4.92. The largest absolute Gasteiger partial charge is 0.269 e. The molecular weight excluding hydrogens is 732 g/mol. The topological polar surface area (TPSA) is 74.8 Å². The molecule has 0 fully saturated rings. The number of carbonyl (C=O) groups is 4. The van der Waals surface area contributed by atoms with Crippen molar-refractivity contribution in [3.8, 4) is 0 Å². The predicted octanol–water partition coefficient (Wildman–Crippen LogP) is 9.98. The number of imide groups is 2. The van der Waals surface area contributed by atoms with Gasteiger partial charge < -0.3 is 0 Å². The molecule has 2 aliphatic heterocycles. The van der Waals surface area contributed by atoms with Crippen LogP contribution < -0.4 is 0 Å². The highest BCUT2D eigenvalue weighted by Crippen LogP contribution is 2.51. The van der Waals surface area contributed by atoms with E-state index >= 15 is 0 Å². The summed E-state index contributed by atoms with van der Waals surface area (Å²) >= 11 is 7.61. The first-order chi connectivity index (χ1) is 23.2. The molecule has 0 aromatic heterocycles. The lowest BCUT2D eigenvalue weighted by molar-refractivity contribution is 0.0534. The summed E-state index contributed by atoms with van der Waals surface area (Å²) in [5.41, 5.74) is 3.54. The second-order valence-corrected chi connectivity index (χ2v) is 14.2. The van der Waals surface area contributed by atoms with Gasteiger partial charge in [0.1, 0.15) is 0 Å². The van der Waals surface area contributed by atoms with Gasteiger partial charge in [-0.25, -0.2) is 0 Å². The summed E-state index contributed by atoms with van der Waals surface area (Å²) in [6.45, 7) is 3.73. The Bertz CT molecular complexity index is 2420. The third kappa shape index (κ3) is 3.73. The lowest BCUT2D eigenvalue weighted by atomic mass is 9.81. The minimum absolute atomic E-state index is 0.345. The number of fused-ring (bicyclic) bond motifs is 2. The van der Waals surface area contributed by atoms with Crippen LogP contribution in [-0.4, -0.2) is 33.4 Å². The van der Waals surface area contributed by atoms with Gasteiger partial charge in [-0.05, 0) is 60.0 Å². The van der Waals surface area contributed by atoms with E-state index in [1.54, 1.807) is 24.3 Å². The van der Waals surface area contributed by atoms with Crippen molar-refractivity contribution in [2.75, 3.05) is 0 Å². The third-order valence-corrected chi connectivity index (χ3v) is 11.4. The smallest absolute Gasteiger partial charge is 0.262 e. The molecule has 8 heteroatoms. The molecule has 6 nitrogen and oxygen atoms in total. The van der Waals surface area contributed by atoms with Gasteiger partial charge in [0.2, 0.25) is 0 Å². The minimum Gasteiger partial charge on any atom is -0.269 e. The number of hydrogen-bond donors (Lipinski definition) is 0. The van der Waals surface area contributed by atoms with Crippen molar-refractivity contribution in [3.05, 3.63) is 139 Å². The molecule has 0 spiro atoms. The van der Waals surface area contributed by atoms with E-state index < -0.39 is 12.1 Å². The van der Waals surface area contributed by atoms with Crippen LogP contribution in [0.4, 0.5) is 0 Å². The number of halogens is 2. The van der Waals surface area contributed by atoms with E-state index in [9.17, 15) is 19.2 Å². The zero-order valence-electron chi connectivity index (χ0n) is 25.7. The molecular formula is C40H24Br2N2O4. The maximum atomic E-state index is 14.2. The highest BCUT2D eigenvalue weighted by molar-refractivity contribution is 9.11. The molecule has 2 aliphatic rings. The Morgan fingerprint density at radius 3 is 1.17 bits per heavy atom. The van der Waals surface area contributed by atoms with Gasteiger partial charge in [0.15, 0.2) is 0 Å². The van der Waals surface area contributed by atoms with E-state index in [0.717, 1.165) is 43.4 Å². The monoisotopic (exact) mass is 754 g/mol. The molecule has 7 aromatic carbocycles. The lowest BCUT2D eigenvalue weighted by Crippen LogP contribution is -2.42. The molecule has 7 aromatic rings. The number of nitrogens with zero attached hydrogens (tertiary/aromatic N) is 2. The van der Waals surface area contributed by atoms with Gasteiger partial charge in [-0.15, -0.1) is 0 Å². The van der Waals surface area contributed by atoms with Gasteiger partial charge in [-0.1, -0.05) is 105 Å². The summed E-state index contributed by atoms with van der Waals surface area (Å²) in [6, 6.07) is 29.2. The normalized spacial score (nSPS) is 15.8. The zero-order valence-corrected chi connectivity index (χ0v) is 28.8. The minimum atomic E-state index is -0.467. The fourth-order valence-electron chi connectivity index (χ4n) is 7.87. The molecule has 2 unspecified atom stereocenters. The van der Waals surface area contributed by atoms with Crippen LogP contribution in [-0.2, 0) is 0 Å². The molecule has 0 saturated heterocycles. The van der Waals surface area contributed by atoms with Gasteiger partial charge in [-0.3, -0.25) is 29.0 Å². The fraction of sp³-hybridized carbons (Fsp3) is 0.100. The van der Waals surface area contributed by atoms with Crippen LogP contribution in [0.3, 0.4) is 0 Å². The van der Waals surface area contributed by atoms with Crippen LogP contribution in [0.25, 0.3) is 43.1 Å². The molecule has 0 aliphatic carbocycles. The summed E-state index contributed by atoms with van der Waals surface area (Å²) in [5.74, 6) is -1.40. The quantitative estimate of drug-likeness (QED) is 0.102. The van der Waals surface area contributed by atoms with E-state index in [4.69, 9.17) is 0 Å². The summed E-state index contributed by atoms with van der Waals surface area (Å²) in [6.07, 6.45) is 0.